The van der Waals surface area contributed by atoms with Crippen LogP contribution in [0.15, 0.2) is 36.8 Å². The van der Waals surface area contributed by atoms with Crippen molar-refractivity contribution >= 4 is 0 Å². The lowest BCUT2D eigenvalue weighted by Crippen LogP contribution is -2.19. The van der Waals surface area contributed by atoms with Crippen LogP contribution in [0.5, 0.6) is 5.75 Å². The van der Waals surface area contributed by atoms with Crippen molar-refractivity contribution in [3.05, 3.63) is 53.6 Å². The fourth-order valence-corrected chi connectivity index (χ4v) is 2.57. The SMILES string of the molecule is COc1ccc2c(c1)C(NCc1ccncn1)CC2. The number of rotatable bonds is 4. The molecule has 1 aromatic carbocycles. The van der Waals surface area contributed by atoms with E-state index in [1.165, 1.54) is 11.1 Å². The molecule has 0 amide bonds. The van der Waals surface area contributed by atoms with E-state index in [4.69, 9.17) is 4.74 Å². The molecule has 1 heterocycles. The smallest absolute Gasteiger partial charge is 0.119 e. The summed E-state index contributed by atoms with van der Waals surface area (Å²) in [5, 5.41) is 3.56. The summed E-state index contributed by atoms with van der Waals surface area (Å²) in [7, 11) is 1.71. The standard InChI is InChI=1S/C15H17N3O/c1-19-13-4-2-11-3-5-15(14(11)8-13)17-9-12-6-7-16-10-18-12/h2,4,6-8,10,15,17H,3,5,9H2,1H3. The Kier molecular flexibility index (Phi) is 3.42. The summed E-state index contributed by atoms with van der Waals surface area (Å²) < 4.78 is 5.30. The molecule has 1 N–H and O–H groups in total. The molecule has 19 heavy (non-hydrogen) atoms. The van der Waals surface area contributed by atoms with Crippen LogP contribution >= 0.6 is 0 Å². The van der Waals surface area contributed by atoms with Crippen LogP contribution < -0.4 is 10.1 Å². The Balaban J connectivity index is 1.72. The van der Waals surface area contributed by atoms with Gasteiger partial charge in [-0.1, -0.05) is 6.07 Å². The van der Waals surface area contributed by atoms with Gasteiger partial charge >= 0.3 is 0 Å². The molecule has 0 fully saturated rings. The number of methoxy groups -OCH3 is 1. The summed E-state index contributed by atoms with van der Waals surface area (Å²) in [4.78, 5) is 8.16. The van der Waals surface area contributed by atoms with Crippen molar-refractivity contribution < 1.29 is 4.74 Å². The van der Waals surface area contributed by atoms with Gasteiger partial charge in [0.25, 0.3) is 0 Å². The Hall–Kier alpha value is -1.94. The molecular formula is C15H17N3O. The van der Waals surface area contributed by atoms with Crippen LogP contribution in [0.3, 0.4) is 0 Å². The van der Waals surface area contributed by atoms with E-state index in [1.54, 1.807) is 19.6 Å². The van der Waals surface area contributed by atoms with Gasteiger partial charge in [0.15, 0.2) is 0 Å². The predicted octanol–water partition coefficient (Wildman–Crippen LogP) is 2.26. The van der Waals surface area contributed by atoms with Gasteiger partial charge in [0, 0.05) is 18.8 Å². The third-order valence-electron chi connectivity index (χ3n) is 3.60. The highest BCUT2D eigenvalue weighted by molar-refractivity contribution is 5.40. The number of nitrogens with one attached hydrogen (secondary N) is 1. The second kappa shape index (κ2) is 5.36. The van der Waals surface area contributed by atoms with Gasteiger partial charge in [-0.2, -0.15) is 0 Å². The maximum Gasteiger partial charge on any atom is 0.119 e. The predicted molar refractivity (Wildman–Crippen MR) is 72.9 cm³/mol. The lowest BCUT2D eigenvalue weighted by atomic mass is 10.1. The molecule has 0 saturated heterocycles. The summed E-state index contributed by atoms with van der Waals surface area (Å²) in [6.07, 6.45) is 5.62. The summed E-state index contributed by atoms with van der Waals surface area (Å²) >= 11 is 0. The largest absolute Gasteiger partial charge is 0.497 e. The van der Waals surface area contributed by atoms with E-state index in [2.05, 4.69) is 27.4 Å². The van der Waals surface area contributed by atoms with E-state index >= 15 is 0 Å². The topological polar surface area (TPSA) is 47.0 Å². The van der Waals surface area contributed by atoms with Crippen molar-refractivity contribution in [1.82, 2.24) is 15.3 Å². The van der Waals surface area contributed by atoms with E-state index in [9.17, 15) is 0 Å². The number of fused-ring (bicyclic) bond motifs is 1. The molecule has 1 aliphatic carbocycles. The molecule has 1 aromatic heterocycles. The van der Waals surface area contributed by atoms with Crippen LogP contribution in [0.25, 0.3) is 0 Å². The third-order valence-corrected chi connectivity index (χ3v) is 3.60. The molecule has 3 rings (SSSR count). The van der Waals surface area contributed by atoms with Crippen molar-refractivity contribution in [2.45, 2.75) is 25.4 Å². The average molecular weight is 255 g/mol. The van der Waals surface area contributed by atoms with Crippen molar-refractivity contribution in [1.29, 1.82) is 0 Å². The molecule has 0 radical (unpaired) electrons. The van der Waals surface area contributed by atoms with E-state index in [0.717, 1.165) is 30.8 Å². The first-order valence-corrected chi connectivity index (χ1v) is 6.52. The summed E-state index contributed by atoms with van der Waals surface area (Å²) in [6.45, 7) is 0.768. The Bertz CT molecular complexity index is 557. The monoisotopic (exact) mass is 255 g/mol. The third kappa shape index (κ3) is 2.58. The molecule has 4 nitrogen and oxygen atoms in total. The fraction of sp³-hybridized carbons (Fsp3) is 0.333. The van der Waals surface area contributed by atoms with Gasteiger partial charge in [0.05, 0.1) is 12.8 Å². The maximum absolute atomic E-state index is 5.30. The van der Waals surface area contributed by atoms with Crippen LogP contribution in [0.1, 0.15) is 29.3 Å². The lowest BCUT2D eigenvalue weighted by Gasteiger charge is -2.14. The molecule has 1 unspecified atom stereocenters. The Labute approximate surface area is 112 Å². The Morgan fingerprint density at radius 1 is 1.37 bits per heavy atom. The molecule has 1 atom stereocenters. The maximum atomic E-state index is 5.30. The summed E-state index contributed by atoms with van der Waals surface area (Å²) in [5.74, 6) is 0.925. The lowest BCUT2D eigenvalue weighted by molar-refractivity contribution is 0.413. The van der Waals surface area contributed by atoms with Crippen LogP contribution in [-0.4, -0.2) is 17.1 Å². The van der Waals surface area contributed by atoms with E-state index < -0.39 is 0 Å². The molecule has 98 valence electrons. The number of aryl methyl sites for hydroxylation is 1. The molecule has 2 aromatic rings. The van der Waals surface area contributed by atoms with Crippen LogP contribution in [-0.2, 0) is 13.0 Å². The van der Waals surface area contributed by atoms with Gasteiger partial charge in [0.2, 0.25) is 0 Å². The number of hydrogen-bond donors (Lipinski definition) is 1. The zero-order chi connectivity index (χ0) is 13.1. The minimum atomic E-state index is 0.389. The normalized spacial score (nSPS) is 17.2. The van der Waals surface area contributed by atoms with Crippen LogP contribution in [0.4, 0.5) is 0 Å². The second-order valence-corrected chi connectivity index (χ2v) is 4.74. The zero-order valence-corrected chi connectivity index (χ0v) is 11.0. The van der Waals surface area contributed by atoms with Crippen LogP contribution in [0.2, 0.25) is 0 Å². The highest BCUT2D eigenvalue weighted by Gasteiger charge is 2.22. The zero-order valence-electron chi connectivity index (χ0n) is 11.0. The van der Waals surface area contributed by atoms with Gasteiger partial charge in [-0.3, -0.25) is 0 Å². The van der Waals surface area contributed by atoms with Crippen molar-refractivity contribution in [3.8, 4) is 5.75 Å². The van der Waals surface area contributed by atoms with E-state index in [1.807, 2.05) is 12.1 Å². The summed E-state index contributed by atoms with van der Waals surface area (Å²) in [5.41, 5.74) is 3.79. The molecule has 0 bridgehead atoms. The minimum absolute atomic E-state index is 0.389. The molecule has 0 saturated carbocycles. The van der Waals surface area contributed by atoms with Gasteiger partial charge < -0.3 is 10.1 Å². The minimum Gasteiger partial charge on any atom is -0.497 e. The average Bonchev–Trinajstić information content (AvgIpc) is 2.88. The van der Waals surface area contributed by atoms with E-state index in [0.29, 0.717) is 6.04 Å². The number of hydrogen-bond acceptors (Lipinski definition) is 4. The molecule has 4 heteroatoms. The quantitative estimate of drug-likeness (QED) is 0.910. The first-order chi connectivity index (χ1) is 9.36. The first kappa shape index (κ1) is 12.1. The fourth-order valence-electron chi connectivity index (χ4n) is 2.57. The molecular weight excluding hydrogens is 238 g/mol. The van der Waals surface area contributed by atoms with Gasteiger partial charge in [-0.25, -0.2) is 9.97 Å². The van der Waals surface area contributed by atoms with Crippen molar-refractivity contribution in [2.24, 2.45) is 0 Å². The number of nitrogens with zero attached hydrogens (tertiary/aromatic N) is 2. The number of aromatic nitrogens is 2. The first-order valence-electron chi connectivity index (χ1n) is 6.52. The number of benzene rings is 1. The Morgan fingerprint density at radius 3 is 3.11 bits per heavy atom. The highest BCUT2D eigenvalue weighted by atomic mass is 16.5. The van der Waals surface area contributed by atoms with Crippen molar-refractivity contribution in [3.63, 3.8) is 0 Å². The van der Waals surface area contributed by atoms with Crippen molar-refractivity contribution in [2.75, 3.05) is 7.11 Å². The molecule has 1 aliphatic rings. The number of ether oxygens (including phenoxy) is 1. The Morgan fingerprint density at radius 2 is 2.32 bits per heavy atom. The van der Waals surface area contributed by atoms with E-state index in [-0.39, 0.29) is 0 Å². The highest BCUT2D eigenvalue weighted by Crippen LogP contribution is 2.33. The van der Waals surface area contributed by atoms with Gasteiger partial charge in [0.1, 0.15) is 12.1 Å². The molecule has 0 spiro atoms. The van der Waals surface area contributed by atoms with Gasteiger partial charge in [-0.05, 0) is 42.2 Å². The second-order valence-electron chi connectivity index (χ2n) is 4.74. The van der Waals surface area contributed by atoms with Crippen LogP contribution in [0, 0.1) is 0 Å². The summed E-state index contributed by atoms with van der Waals surface area (Å²) in [6, 6.07) is 8.67. The molecule has 0 aliphatic heterocycles. The van der Waals surface area contributed by atoms with Gasteiger partial charge in [-0.15, -0.1) is 0 Å².